The van der Waals surface area contributed by atoms with E-state index < -0.39 is 5.60 Å². The molecule has 4 aliphatic carbocycles. The standard InChI is InChI=1S/C27H46O3/c1-17(24(29)12-13-25(2,3)30)21-8-9-22-20-7-6-18-16-19(28)10-14-26(18,4)23(20)11-15-27(21,22)5/h6,17,19-24,28-30H,7-16H2,1-5H3/t17-,19-,20-,21+,22-,23-,24?,26-,27+/m0/s1. The molecule has 0 bridgehead atoms. The normalized spacial score (nSPS) is 45.7. The Morgan fingerprint density at radius 1 is 1.10 bits per heavy atom. The first-order chi connectivity index (χ1) is 14.0. The van der Waals surface area contributed by atoms with Crippen molar-refractivity contribution in [1.29, 1.82) is 0 Å². The minimum Gasteiger partial charge on any atom is -0.393 e. The number of rotatable bonds is 5. The highest BCUT2D eigenvalue weighted by molar-refractivity contribution is 5.25. The van der Waals surface area contributed by atoms with Crippen LogP contribution in [0.25, 0.3) is 0 Å². The lowest BCUT2D eigenvalue weighted by molar-refractivity contribution is -0.0696. The molecule has 30 heavy (non-hydrogen) atoms. The van der Waals surface area contributed by atoms with Gasteiger partial charge in [0, 0.05) is 0 Å². The second kappa shape index (κ2) is 7.89. The first-order valence-corrected chi connectivity index (χ1v) is 12.7. The van der Waals surface area contributed by atoms with E-state index in [1.807, 2.05) is 13.8 Å². The second-order valence-corrected chi connectivity index (χ2v) is 12.7. The molecule has 0 heterocycles. The maximum Gasteiger partial charge on any atom is 0.0592 e. The maximum absolute atomic E-state index is 11.0. The van der Waals surface area contributed by atoms with Crippen LogP contribution < -0.4 is 0 Å². The van der Waals surface area contributed by atoms with E-state index >= 15 is 0 Å². The second-order valence-electron chi connectivity index (χ2n) is 12.7. The average molecular weight is 419 g/mol. The molecule has 3 nitrogen and oxygen atoms in total. The third-order valence-electron chi connectivity index (χ3n) is 10.4. The zero-order valence-electron chi connectivity index (χ0n) is 20.0. The average Bonchev–Trinajstić information content (AvgIpc) is 3.02. The van der Waals surface area contributed by atoms with Crippen molar-refractivity contribution in [2.24, 2.45) is 40.4 Å². The van der Waals surface area contributed by atoms with Gasteiger partial charge in [-0.25, -0.2) is 0 Å². The van der Waals surface area contributed by atoms with Crippen LogP contribution in [-0.2, 0) is 0 Å². The monoisotopic (exact) mass is 418 g/mol. The summed E-state index contributed by atoms with van der Waals surface area (Å²) in [6.07, 6.45) is 12.8. The minimum atomic E-state index is -0.698. The molecule has 3 saturated carbocycles. The van der Waals surface area contributed by atoms with E-state index in [1.54, 1.807) is 5.57 Å². The quantitative estimate of drug-likeness (QED) is 0.519. The van der Waals surface area contributed by atoms with Crippen LogP contribution in [0.4, 0.5) is 0 Å². The smallest absolute Gasteiger partial charge is 0.0592 e. The van der Waals surface area contributed by atoms with Crippen LogP contribution in [0, 0.1) is 40.4 Å². The maximum atomic E-state index is 11.0. The van der Waals surface area contributed by atoms with Crippen LogP contribution in [-0.4, -0.2) is 33.1 Å². The van der Waals surface area contributed by atoms with Gasteiger partial charge in [0.2, 0.25) is 0 Å². The fourth-order valence-corrected chi connectivity index (χ4v) is 8.58. The Hall–Kier alpha value is -0.380. The number of hydrogen-bond acceptors (Lipinski definition) is 3. The van der Waals surface area contributed by atoms with Crippen LogP contribution >= 0.6 is 0 Å². The Labute approximate surface area is 184 Å². The molecule has 3 N–H and O–H groups in total. The minimum absolute atomic E-state index is 0.128. The summed E-state index contributed by atoms with van der Waals surface area (Å²) in [5.41, 5.74) is 1.50. The van der Waals surface area contributed by atoms with Crippen LogP contribution in [0.3, 0.4) is 0 Å². The summed E-state index contributed by atoms with van der Waals surface area (Å²) in [6.45, 7) is 11.0. The van der Waals surface area contributed by atoms with Crippen molar-refractivity contribution in [3.8, 4) is 0 Å². The number of hydrogen-bond donors (Lipinski definition) is 3. The molecule has 172 valence electrons. The predicted octanol–water partition coefficient (Wildman–Crippen LogP) is 5.47. The molecule has 1 unspecified atom stereocenters. The molecule has 0 amide bonds. The molecule has 3 heteroatoms. The van der Waals surface area contributed by atoms with Crippen molar-refractivity contribution >= 4 is 0 Å². The number of fused-ring (bicyclic) bond motifs is 5. The lowest BCUT2D eigenvalue weighted by Gasteiger charge is -2.58. The summed E-state index contributed by atoms with van der Waals surface area (Å²) in [7, 11) is 0. The molecule has 0 aromatic heterocycles. The van der Waals surface area contributed by atoms with Gasteiger partial charge in [0.05, 0.1) is 17.8 Å². The van der Waals surface area contributed by atoms with Crippen molar-refractivity contribution < 1.29 is 15.3 Å². The highest BCUT2D eigenvalue weighted by atomic mass is 16.3. The molecular weight excluding hydrogens is 372 g/mol. The lowest BCUT2D eigenvalue weighted by Crippen LogP contribution is -2.51. The van der Waals surface area contributed by atoms with Gasteiger partial charge < -0.3 is 15.3 Å². The van der Waals surface area contributed by atoms with E-state index in [1.165, 1.54) is 32.1 Å². The van der Waals surface area contributed by atoms with Gasteiger partial charge in [-0.15, -0.1) is 0 Å². The van der Waals surface area contributed by atoms with E-state index in [0.717, 1.165) is 37.0 Å². The van der Waals surface area contributed by atoms with Crippen molar-refractivity contribution in [3.63, 3.8) is 0 Å². The Bertz CT molecular complexity index is 664. The zero-order valence-corrected chi connectivity index (χ0v) is 20.0. The Morgan fingerprint density at radius 2 is 1.83 bits per heavy atom. The number of aliphatic hydroxyl groups excluding tert-OH is 2. The summed E-state index contributed by atoms with van der Waals surface area (Å²) < 4.78 is 0. The fourth-order valence-electron chi connectivity index (χ4n) is 8.58. The third-order valence-corrected chi connectivity index (χ3v) is 10.4. The topological polar surface area (TPSA) is 60.7 Å². The Kier molecular flexibility index (Phi) is 5.99. The third kappa shape index (κ3) is 3.82. The molecular formula is C27H46O3. The lowest BCUT2D eigenvalue weighted by atomic mass is 9.47. The fraction of sp³-hybridized carbons (Fsp3) is 0.926. The van der Waals surface area contributed by atoms with Gasteiger partial charge in [0.25, 0.3) is 0 Å². The first kappa shape index (κ1) is 22.8. The summed E-state index contributed by atoms with van der Waals surface area (Å²) in [5.74, 6) is 3.21. The molecule has 9 atom stereocenters. The first-order valence-electron chi connectivity index (χ1n) is 12.7. The predicted molar refractivity (Wildman–Crippen MR) is 122 cm³/mol. The number of allylic oxidation sites excluding steroid dienone is 1. The van der Waals surface area contributed by atoms with Crippen LogP contribution in [0.15, 0.2) is 11.6 Å². The highest BCUT2D eigenvalue weighted by Crippen LogP contribution is 2.67. The van der Waals surface area contributed by atoms with Crippen LogP contribution in [0.2, 0.25) is 0 Å². The van der Waals surface area contributed by atoms with Gasteiger partial charge in [-0.3, -0.25) is 0 Å². The van der Waals surface area contributed by atoms with E-state index in [-0.39, 0.29) is 12.2 Å². The summed E-state index contributed by atoms with van der Waals surface area (Å²) in [5, 5.41) is 31.3. The summed E-state index contributed by atoms with van der Waals surface area (Å²) in [4.78, 5) is 0. The van der Waals surface area contributed by atoms with Crippen molar-refractivity contribution in [3.05, 3.63) is 11.6 Å². The molecule has 0 aromatic rings. The number of aliphatic hydroxyl groups is 3. The molecule has 0 spiro atoms. The molecule has 0 radical (unpaired) electrons. The van der Waals surface area contributed by atoms with Gasteiger partial charge in [-0.2, -0.15) is 0 Å². The highest BCUT2D eigenvalue weighted by Gasteiger charge is 2.59. The van der Waals surface area contributed by atoms with Crippen LogP contribution in [0.1, 0.15) is 98.8 Å². The van der Waals surface area contributed by atoms with Crippen molar-refractivity contribution in [2.45, 2.75) is 117 Å². The molecule has 4 rings (SSSR count). The van der Waals surface area contributed by atoms with Gasteiger partial charge in [0.1, 0.15) is 0 Å². The SMILES string of the molecule is C[C@H](C(O)CCC(C)(C)O)[C@H]1CC[C@H]2[C@@H]3CC=C4C[C@@H](O)CC[C@]4(C)[C@H]3CC[C@]12C. The Morgan fingerprint density at radius 3 is 2.53 bits per heavy atom. The largest absolute Gasteiger partial charge is 0.393 e. The molecule has 3 fully saturated rings. The van der Waals surface area contributed by atoms with E-state index in [9.17, 15) is 15.3 Å². The molecule has 0 aliphatic heterocycles. The molecule has 4 aliphatic rings. The van der Waals surface area contributed by atoms with Crippen molar-refractivity contribution in [1.82, 2.24) is 0 Å². The van der Waals surface area contributed by atoms with Gasteiger partial charge in [0.15, 0.2) is 0 Å². The zero-order chi connectivity index (χ0) is 21.9. The van der Waals surface area contributed by atoms with E-state index in [0.29, 0.717) is 35.5 Å². The van der Waals surface area contributed by atoms with Crippen LogP contribution in [0.5, 0.6) is 0 Å². The van der Waals surface area contributed by atoms with Gasteiger partial charge in [-0.1, -0.05) is 32.4 Å². The molecule has 0 saturated heterocycles. The van der Waals surface area contributed by atoms with Gasteiger partial charge >= 0.3 is 0 Å². The van der Waals surface area contributed by atoms with E-state index in [2.05, 4.69) is 26.8 Å². The molecule has 0 aromatic carbocycles. The van der Waals surface area contributed by atoms with Crippen molar-refractivity contribution in [2.75, 3.05) is 0 Å². The summed E-state index contributed by atoms with van der Waals surface area (Å²) >= 11 is 0. The van der Waals surface area contributed by atoms with Gasteiger partial charge in [-0.05, 0) is 118 Å². The van der Waals surface area contributed by atoms with E-state index in [4.69, 9.17) is 0 Å². The summed E-state index contributed by atoms with van der Waals surface area (Å²) in [6, 6.07) is 0. The Balaban J connectivity index is 1.50.